The first kappa shape index (κ1) is 15.4. The maximum Gasteiger partial charge on any atom is 0.296 e. The Morgan fingerprint density at radius 2 is 1.67 bits per heavy atom. The lowest BCUT2D eigenvalue weighted by atomic mass is 10.1. The highest BCUT2D eigenvalue weighted by Gasteiger charge is 2.21. The zero-order valence-corrected chi connectivity index (χ0v) is 12.5. The molecule has 1 amide bonds. The van der Waals surface area contributed by atoms with Crippen LogP contribution in [0.3, 0.4) is 0 Å². The number of morpholine rings is 1. The van der Waals surface area contributed by atoms with Gasteiger partial charge in [-0.3, -0.25) is 4.79 Å². The highest BCUT2D eigenvalue weighted by Crippen LogP contribution is 2.38. The first-order valence-electron chi connectivity index (χ1n) is 6.73. The SMILES string of the molecule is COc1cc(C(=O)N[NH+]2CCOCC2)cc(OC)c1OC. The van der Waals surface area contributed by atoms with Gasteiger partial charge in [0.05, 0.1) is 40.1 Å². The fraction of sp³-hybridized carbons (Fsp3) is 0.500. The predicted octanol–water partition coefficient (Wildman–Crippen LogP) is -0.728. The van der Waals surface area contributed by atoms with E-state index in [9.17, 15) is 4.79 Å². The molecule has 1 aliphatic heterocycles. The number of carbonyl (C=O) groups is 1. The molecule has 0 bridgehead atoms. The summed E-state index contributed by atoms with van der Waals surface area (Å²) in [5.41, 5.74) is 3.38. The van der Waals surface area contributed by atoms with Crippen LogP contribution in [0, 0.1) is 0 Å². The second-order valence-electron chi connectivity index (χ2n) is 4.58. The molecule has 1 aliphatic rings. The van der Waals surface area contributed by atoms with Crippen molar-refractivity contribution in [2.75, 3.05) is 47.6 Å². The van der Waals surface area contributed by atoms with Gasteiger partial charge in [-0.15, -0.1) is 0 Å². The van der Waals surface area contributed by atoms with E-state index in [0.29, 0.717) is 36.0 Å². The highest BCUT2D eigenvalue weighted by atomic mass is 16.5. The van der Waals surface area contributed by atoms with Crippen molar-refractivity contribution >= 4 is 5.91 Å². The van der Waals surface area contributed by atoms with E-state index < -0.39 is 0 Å². The standard InChI is InChI=1S/C14H20N2O5/c1-18-11-8-10(9-12(19-2)13(11)20-3)14(17)15-16-4-6-21-7-5-16/h8-9H,4-7H2,1-3H3,(H,15,17)/p+1. The molecule has 116 valence electrons. The minimum absolute atomic E-state index is 0.189. The number of ether oxygens (including phenoxy) is 4. The number of nitrogens with one attached hydrogen (secondary N) is 2. The smallest absolute Gasteiger partial charge is 0.296 e. The fourth-order valence-corrected chi connectivity index (χ4v) is 2.19. The second kappa shape index (κ2) is 7.14. The molecule has 0 unspecified atom stereocenters. The van der Waals surface area contributed by atoms with E-state index in [2.05, 4.69) is 5.43 Å². The summed E-state index contributed by atoms with van der Waals surface area (Å²) in [4.78, 5) is 12.3. The van der Waals surface area contributed by atoms with Gasteiger partial charge in [-0.05, 0) is 12.1 Å². The summed E-state index contributed by atoms with van der Waals surface area (Å²) in [5.74, 6) is 1.19. The molecule has 2 rings (SSSR count). The molecule has 1 aromatic carbocycles. The largest absolute Gasteiger partial charge is 0.493 e. The molecular formula is C14H21N2O5+. The summed E-state index contributed by atoms with van der Waals surface area (Å²) in [5, 5.41) is 0.986. The van der Waals surface area contributed by atoms with Crippen LogP contribution >= 0.6 is 0 Å². The lowest BCUT2D eigenvalue weighted by Crippen LogP contribution is -3.20. The molecule has 0 aliphatic carbocycles. The van der Waals surface area contributed by atoms with Crippen LogP contribution in [0.1, 0.15) is 10.4 Å². The third kappa shape index (κ3) is 3.56. The van der Waals surface area contributed by atoms with E-state index in [-0.39, 0.29) is 5.91 Å². The van der Waals surface area contributed by atoms with Gasteiger partial charge in [0, 0.05) is 0 Å². The quantitative estimate of drug-likeness (QED) is 0.750. The van der Waals surface area contributed by atoms with E-state index in [1.807, 2.05) is 0 Å². The second-order valence-corrected chi connectivity index (χ2v) is 4.58. The number of hydrogen-bond donors (Lipinski definition) is 2. The fourth-order valence-electron chi connectivity index (χ4n) is 2.19. The van der Waals surface area contributed by atoms with E-state index in [4.69, 9.17) is 18.9 Å². The molecule has 21 heavy (non-hydrogen) atoms. The van der Waals surface area contributed by atoms with E-state index in [0.717, 1.165) is 18.1 Å². The lowest BCUT2D eigenvalue weighted by molar-refractivity contribution is -0.942. The molecule has 1 heterocycles. The Morgan fingerprint density at radius 3 is 2.14 bits per heavy atom. The van der Waals surface area contributed by atoms with Crippen molar-refractivity contribution in [3.05, 3.63) is 17.7 Å². The first-order chi connectivity index (χ1) is 10.2. The summed E-state index contributed by atoms with van der Waals surface area (Å²) in [6.45, 7) is 2.78. The molecule has 1 fully saturated rings. The average Bonchev–Trinajstić information content (AvgIpc) is 2.54. The molecule has 0 radical (unpaired) electrons. The number of amides is 1. The maximum absolute atomic E-state index is 12.3. The van der Waals surface area contributed by atoms with Gasteiger partial charge in [0.2, 0.25) is 5.75 Å². The van der Waals surface area contributed by atoms with Crippen molar-refractivity contribution < 1.29 is 28.8 Å². The maximum atomic E-state index is 12.3. The molecule has 7 heteroatoms. The molecule has 1 aromatic rings. The molecule has 0 aromatic heterocycles. The van der Waals surface area contributed by atoms with Gasteiger partial charge in [0.1, 0.15) is 13.1 Å². The third-order valence-electron chi connectivity index (χ3n) is 3.31. The van der Waals surface area contributed by atoms with Crippen LogP contribution in [-0.4, -0.2) is 53.5 Å². The van der Waals surface area contributed by atoms with Crippen LogP contribution in [0.25, 0.3) is 0 Å². The molecule has 0 atom stereocenters. The summed E-state index contributed by atoms with van der Waals surface area (Å²) in [6.07, 6.45) is 0. The number of quaternary nitrogens is 1. The molecular weight excluding hydrogens is 276 g/mol. The van der Waals surface area contributed by atoms with Crippen molar-refractivity contribution in [1.82, 2.24) is 5.43 Å². The average molecular weight is 297 g/mol. The number of rotatable bonds is 5. The van der Waals surface area contributed by atoms with Crippen LogP contribution in [0.15, 0.2) is 12.1 Å². The van der Waals surface area contributed by atoms with Gasteiger partial charge < -0.3 is 18.9 Å². The number of carbonyl (C=O) groups excluding carboxylic acids is 1. The molecule has 0 spiro atoms. The number of hydrogen-bond acceptors (Lipinski definition) is 5. The Morgan fingerprint density at radius 1 is 1.10 bits per heavy atom. The van der Waals surface area contributed by atoms with Crippen LogP contribution in [0.5, 0.6) is 17.2 Å². The van der Waals surface area contributed by atoms with E-state index in [1.54, 1.807) is 12.1 Å². The van der Waals surface area contributed by atoms with E-state index >= 15 is 0 Å². The van der Waals surface area contributed by atoms with Gasteiger partial charge >= 0.3 is 0 Å². The molecule has 2 N–H and O–H groups in total. The highest BCUT2D eigenvalue weighted by molar-refractivity contribution is 5.94. The first-order valence-corrected chi connectivity index (χ1v) is 6.73. The minimum Gasteiger partial charge on any atom is -0.493 e. The van der Waals surface area contributed by atoms with Crippen molar-refractivity contribution in [3.8, 4) is 17.2 Å². The van der Waals surface area contributed by atoms with Crippen LogP contribution in [0.2, 0.25) is 0 Å². The zero-order chi connectivity index (χ0) is 15.2. The summed E-state index contributed by atoms with van der Waals surface area (Å²) in [6, 6.07) is 3.27. The topological polar surface area (TPSA) is 70.5 Å². The predicted molar refractivity (Wildman–Crippen MR) is 75.1 cm³/mol. The van der Waals surface area contributed by atoms with Crippen molar-refractivity contribution in [1.29, 1.82) is 0 Å². The van der Waals surface area contributed by atoms with Crippen LogP contribution in [0.4, 0.5) is 0 Å². The summed E-state index contributed by atoms with van der Waals surface area (Å²) >= 11 is 0. The summed E-state index contributed by atoms with van der Waals surface area (Å²) in [7, 11) is 4.57. The van der Waals surface area contributed by atoms with Crippen molar-refractivity contribution in [2.45, 2.75) is 0 Å². The van der Waals surface area contributed by atoms with Crippen molar-refractivity contribution in [3.63, 3.8) is 0 Å². The lowest BCUT2D eigenvalue weighted by Gasteiger charge is -2.23. The van der Waals surface area contributed by atoms with Gasteiger partial charge in [-0.1, -0.05) is 0 Å². The van der Waals surface area contributed by atoms with Gasteiger partial charge in [-0.2, -0.15) is 5.43 Å². The molecule has 7 nitrogen and oxygen atoms in total. The Labute approximate surface area is 123 Å². The monoisotopic (exact) mass is 297 g/mol. The summed E-state index contributed by atoms with van der Waals surface area (Å²) < 4.78 is 21.0. The van der Waals surface area contributed by atoms with Gasteiger partial charge in [0.25, 0.3) is 5.91 Å². The molecule has 1 saturated heterocycles. The minimum atomic E-state index is -0.189. The number of benzene rings is 1. The normalized spacial score (nSPS) is 15.4. The Balaban J connectivity index is 2.19. The third-order valence-corrected chi connectivity index (χ3v) is 3.31. The zero-order valence-electron chi connectivity index (χ0n) is 12.5. The van der Waals surface area contributed by atoms with Crippen molar-refractivity contribution in [2.24, 2.45) is 0 Å². The van der Waals surface area contributed by atoms with Crippen LogP contribution in [-0.2, 0) is 4.74 Å². The molecule has 0 saturated carbocycles. The van der Waals surface area contributed by atoms with Gasteiger partial charge in [-0.25, -0.2) is 5.01 Å². The van der Waals surface area contributed by atoms with Crippen LogP contribution < -0.4 is 24.6 Å². The Kier molecular flexibility index (Phi) is 5.24. The Bertz CT molecular complexity index is 475. The van der Waals surface area contributed by atoms with E-state index in [1.165, 1.54) is 21.3 Å². The van der Waals surface area contributed by atoms with Gasteiger partial charge in [0.15, 0.2) is 11.5 Å². The number of methoxy groups -OCH3 is 3. The Hall–Kier alpha value is -1.99.